The molecule has 1 aliphatic carbocycles. The zero-order valence-corrected chi connectivity index (χ0v) is 22.4. The maximum Gasteiger partial charge on any atom is 0.336 e. The Bertz CT molecular complexity index is 1620. The fourth-order valence-corrected chi connectivity index (χ4v) is 5.37. The van der Waals surface area contributed by atoms with Crippen molar-refractivity contribution in [3.05, 3.63) is 110 Å². The number of nitrogens with one attached hydrogen (secondary N) is 1. The van der Waals surface area contributed by atoms with Crippen LogP contribution in [-0.2, 0) is 16.1 Å². The highest BCUT2D eigenvalue weighted by Gasteiger charge is 2.43. The van der Waals surface area contributed by atoms with Crippen molar-refractivity contribution >= 4 is 29.1 Å². The molecular weight excluding hydrogens is 516 g/mol. The van der Waals surface area contributed by atoms with Crippen LogP contribution in [0.2, 0.25) is 5.02 Å². The van der Waals surface area contributed by atoms with E-state index < -0.39 is 11.9 Å². The van der Waals surface area contributed by atoms with Gasteiger partial charge in [0.2, 0.25) is 0 Å². The van der Waals surface area contributed by atoms with Crippen molar-refractivity contribution in [3.63, 3.8) is 0 Å². The molecule has 3 aromatic rings. The van der Waals surface area contributed by atoms with Gasteiger partial charge in [0, 0.05) is 33.9 Å². The average molecular weight is 541 g/mol. The van der Waals surface area contributed by atoms with E-state index in [-0.39, 0.29) is 24.0 Å². The third kappa shape index (κ3) is 4.53. The minimum atomic E-state index is -0.750. The van der Waals surface area contributed by atoms with E-state index in [1.54, 1.807) is 50.2 Å². The summed E-state index contributed by atoms with van der Waals surface area (Å²) in [6, 6.07) is 20.0. The van der Waals surface area contributed by atoms with Crippen molar-refractivity contribution in [1.82, 2.24) is 5.32 Å². The largest absolute Gasteiger partial charge is 0.493 e. The number of esters is 1. The number of ketones is 1. The number of carbonyl (C=O) groups is 2. The van der Waals surface area contributed by atoms with E-state index in [1.165, 1.54) is 7.11 Å². The highest BCUT2D eigenvalue weighted by atomic mass is 35.5. The number of rotatable bonds is 7. The molecule has 1 heterocycles. The number of hydrogen-bond acceptors (Lipinski definition) is 7. The van der Waals surface area contributed by atoms with Crippen LogP contribution < -0.4 is 14.8 Å². The minimum absolute atomic E-state index is 0.0999. The molecule has 7 nitrogen and oxygen atoms in total. The topological polar surface area (TPSA) is 97.6 Å². The quantitative estimate of drug-likeness (QED) is 0.371. The van der Waals surface area contributed by atoms with Gasteiger partial charge < -0.3 is 19.5 Å². The molecule has 0 saturated carbocycles. The summed E-state index contributed by atoms with van der Waals surface area (Å²) in [5.41, 5.74) is 5.14. The van der Waals surface area contributed by atoms with Gasteiger partial charge in [-0.2, -0.15) is 5.26 Å². The van der Waals surface area contributed by atoms with Crippen molar-refractivity contribution in [2.24, 2.45) is 0 Å². The first-order chi connectivity index (χ1) is 18.9. The van der Waals surface area contributed by atoms with Gasteiger partial charge in [-0.25, -0.2) is 4.79 Å². The SMILES string of the molecule is CCOC(=O)C1=C(C)NC2=C(C(=O)c3ccccc32)[C@H]1c1cc(Cl)c(OCc2ccccc2C#N)c(OC)c1. The zero-order chi connectivity index (χ0) is 27.7. The normalized spacial score (nSPS) is 15.8. The summed E-state index contributed by atoms with van der Waals surface area (Å²) in [6.45, 7) is 3.81. The lowest BCUT2D eigenvalue weighted by Crippen LogP contribution is -2.29. The Hall–Kier alpha value is -4.54. The molecule has 196 valence electrons. The Morgan fingerprint density at radius 2 is 1.82 bits per heavy atom. The van der Waals surface area contributed by atoms with E-state index in [4.69, 9.17) is 25.8 Å². The molecule has 0 amide bonds. The van der Waals surface area contributed by atoms with Gasteiger partial charge in [0.1, 0.15) is 6.61 Å². The van der Waals surface area contributed by atoms with Crippen molar-refractivity contribution in [1.29, 1.82) is 5.26 Å². The number of benzene rings is 3. The number of hydrogen-bond donors (Lipinski definition) is 1. The Labute approximate surface area is 231 Å². The number of ether oxygens (including phenoxy) is 3. The maximum atomic E-state index is 13.7. The molecule has 39 heavy (non-hydrogen) atoms. The van der Waals surface area contributed by atoms with Crippen molar-refractivity contribution < 1.29 is 23.8 Å². The second-order valence-electron chi connectivity index (χ2n) is 9.07. The van der Waals surface area contributed by atoms with Gasteiger partial charge in [-0.15, -0.1) is 0 Å². The molecule has 0 spiro atoms. The van der Waals surface area contributed by atoms with E-state index in [2.05, 4.69) is 11.4 Å². The predicted molar refractivity (Wildman–Crippen MR) is 146 cm³/mol. The Morgan fingerprint density at radius 3 is 2.54 bits per heavy atom. The van der Waals surface area contributed by atoms with Gasteiger partial charge in [-0.1, -0.05) is 54.1 Å². The lowest BCUT2D eigenvalue weighted by atomic mass is 9.79. The molecule has 1 N–H and O–H groups in total. The van der Waals surface area contributed by atoms with Crippen LogP contribution in [0.3, 0.4) is 0 Å². The highest BCUT2D eigenvalue weighted by Crippen LogP contribution is 2.49. The lowest BCUT2D eigenvalue weighted by Gasteiger charge is -2.29. The van der Waals surface area contributed by atoms with Gasteiger partial charge in [-0.3, -0.25) is 4.79 Å². The summed E-state index contributed by atoms with van der Waals surface area (Å²) >= 11 is 6.75. The smallest absolute Gasteiger partial charge is 0.336 e. The molecule has 0 unspecified atom stereocenters. The van der Waals surface area contributed by atoms with Crippen LogP contribution in [0.15, 0.2) is 77.5 Å². The maximum absolute atomic E-state index is 13.7. The standard InChI is InChI=1S/C31H25ClN2O5/c1-4-38-31(36)25-17(2)34-28-21-11-7-8-12-22(21)29(35)27(28)26(25)20-13-23(32)30(24(14-20)37-3)39-16-19-10-6-5-9-18(19)15-33/h5-14,26,34H,4,16H2,1-3H3/t26-/m0/s1. The number of allylic oxidation sites excluding steroid dienone is 2. The Morgan fingerprint density at radius 1 is 1.10 bits per heavy atom. The number of carbonyl (C=O) groups excluding carboxylic acids is 2. The van der Waals surface area contributed by atoms with Crippen LogP contribution in [-0.4, -0.2) is 25.5 Å². The molecule has 5 rings (SSSR count). The van der Waals surface area contributed by atoms with E-state index in [0.717, 1.165) is 5.56 Å². The van der Waals surface area contributed by atoms with Crippen molar-refractivity contribution in [3.8, 4) is 17.6 Å². The summed E-state index contributed by atoms with van der Waals surface area (Å²) < 4.78 is 17.1. The molecule has 0 saturated heterocycles. The summed E-state index contributed by atoms with van der Waals surface area (Å²) in [4.78, 5) is 26.9. The second kappa shape index (κ2) is 10.7. The average Bonchev–Trinajstić information content (AvgIpc) is 3.22. The molecule has 0 aromatic heterocycles. The number of methoxy groups -OCH3 is 1. The molecular formula is C31H25ClN2O5. The lowest BCUT2D eigenvalue weighted by molar-refractivity contribution is -0.138. The zero-order valence-electron chi connectivity index (χ0n) is 21.6. The monoisotopic (exact) mass is 540 g/mol. The summed E-state index contributed by atoms with van der Waals surface area (Å²) in [7, 11) is 1.49. The Kier molecular flexibility index (Phi) is 7.14. The van der Waals surface area contributed by atoms with Crippen molar-refractivity contribution in [2.75, 3.05) is 13.7 Å². The number of nitrogens with zero attached hydrogens (tertiary/aromatic N) is 1. The van der Waals surface area contributed by atoms with Gasteiger partial charge >= 0.3 is 5.97 Å². The number of dihydropyridines is 1. The van der Waals surface area contributed by atoms with E-state index in [9.17, 15) is 14.9 Å². The van der Waals surface area contributed by atoms with Crippen LogP contribution >= 0.6 is 11.6 Å². The van der Waals surface area contributed by atoms with Gasteiger partial charge in [0.25, 0.3) is 0 Å². The van der Waals surface area contributed by atoms with Gasteiger partial charge in [-0.05, 0) is 37.6 Å². The minimum Gasteiger partial charge on any atom is -0.493 e. The van der Waals surface area contributed by atoms with Crippen LogP contribution in [0.4, 0.5) is 0 Å². The number of Topliss-reactive ketones (excluding diaryl/α,β-unsaturated/α-hetero) is 1. The van der Waals surface area contributed by atoms with Crippen LogP contribution in [0.25, 0.3) is 5.70 Å². The van der Waals surface area contributed by atoms with Crippen LogP contribution in [0.5, 0.6) is 11.5 Å². The molecule has 2 aliphatic rings. The molecule has 8 heteroatoms. The fourth-order valence-electron chi connectivity index (χ4n) is 5.09. The van der Waals surface area contributed by atoms with E-state index in [0.29, 0.717) is 56.3 Å². The molecule has 1 atom stereocenters. The number of nitriles is 1. The van der Waals surface area contributed by atoms with Crippen molar-refractivity contribution in [2.45, 2.75) is 26.4 Å². The number of fused-ring (bicyclic) bond motifs is 2. The molecule has 3 aromatic carbocycles. The third-order valence-corrected chi connectivity index (χ3v) is 7.12. The van der Waals surface area contributed by atoms with E-state index in [1.807, 2.05) is 24.3 Å². The second-order valence-corrected chi connectivity index (χ2v) is 9.48. The molecule has 0 radical (unpaired) electrons. The molecule has 0 fully saturated rings. The number of halogens is 1. The van der Waals surface area contributed by atoms with E-state index >= 15 is 0 Å². The van der Waals surface area contributed by atoms with Gasteiger partial charge in [0.15, 0.2) is 17.3 Å². The summed E-state index contributed by atoms with van der Waals surface area (Å²) in [5.74, 6) is -0.822. The first-order valence-corrected chi connectivity index (χ1v) is 12.8. The first kappa shape index (κ1) is 26.1. The van der Waals surface area contributed by atoms with Crippen LogP contribution in [0, 0.1) is 11.3 Å². The van der Waals surface area contributed by atoms with Crippen LogP contribution in [0.1, 0.15) is 52.4 Å². The summed E-state index contributed by atoms with van der Waals surface area (Å²) in [5, 5.41) is 12.9. The molecule has 0 bridgehead atoms. The molecule has 1 aliphatic heterocycles. The summed E-state index contributed by atoms with van der Waals surface area (Å²) in [6.07, 6.45) is 0. The third-order valence-electron chi connectivity index (χ3n) is 6.84. The fraction of sp³-hybridized carbons (Fsp3) is 0.194. The highest BCUT2D eigenvalue weighted by molar-refractivity contribution is 6.32. The van der Waals surface area contributed by atoms with Gasteiger partial charge in [0.05, 0.1) is 41.6 Å². The first-order valence-electron chi connectivity index (χ1n) is 12.4. The Balaban J connectivity index is 1.61. The predicted octanol–water partition coefficient (Wildman–Crippen LogP) is 5.93.